The maximum absolute atomic E-state index is 12.6. The number of ether oxygens (including phenoxy) is 3. The first-order valence-electron chi connectivity index (χ1n) is 21.6. The standard InChI is InChI=1S/C42H76N6O5/c1-4-6-8-10-12-14-16-18-20-22-24-26-28-30-37(49)51-32-36(53-35-48-34-45-39-40(44-3)46-42(43)47-41(39)48)33-52-38(50)31-29-27-25-23-21-19-17-15-13-11-9-7-5-2/h34,36H,4-33,35H2,1-3H3,(H3,43,44,46,47). The van der Waals surface area contributed by atoms with Crippen molar-refractivity contribution < 1.29 is 23.8 Å². The molecule has 0 saturated heterocycles. The minimum absolute atomic E-state index is 0.00514. The highest BCUT2D eigenvalue weighted by molar-refractivity contribution is 5.83. The smallest absolute Gasteiger partial charge is 0.305 e. The number of anilines is 2. The predicted molar refractivity (Wildman–Crippen MR) is 217 cm³/mol. The number of rotatable bonds is 36. The summed E-state index contributed by atoms with van der Waals surface area (Å²) < 4.78 is 19.0. The van der Waals surface area contributed by atoms with Crippen molar-refractivity contribution in [1.29, 1.82) is 0 Å². The van der Waals surface area contributed by atoms with Crippen LogP contribution in [0, 0.1) is 0 Å². The van der Waals surface area contributed by atoms with E-state index in [9.17, 15) is 9.59 Å². The van der Waals surface area contributed by atoms with Gasteiger partial charge < -0.3 is 25.3 Å². The van der Waals surface area contributed by atoms with Gasteiger partial charge in [-0.2, -0.15) is 9.97 Å². The summed E-state index contributed by atoms with van der Waals surface area (Å²) in [6, 6.07) is 0. The monoisotopic (exact) mass is 745 g/mol. The Labute approximate surface area is 321 Å². The van der Waals surface area contributed by atoms with Gasteiger partial charge in [0, 0.05) is 19.9 Å². The van der Waals surface area contributed by atoms with Crippen molar-refractivity contribution in [2.45, 2.75) is 206 Å². The lowest BCUT2D eigenvalue weighted by Gasteiger charge is -2.18. The molecule has 53 heavy (non-hydrogen) atoms. The van der Waals surface area contributed by atoms with E-state index in [0.29, 0.717) is 29.8 Å². The molecule has 11 heteroatoms. The fourth-order valence-electron chi connectivity index (χ4n) is 6.65. The Bertz CT molecular complexity index is 1160. The van der Waals surface area contributed by atoms with E-state index < -0.39 is 6.10 Å². The second kappa shape index (κ2) is 31.4. The summed E-state index contributed by atoms with van der Waals surface area (Å²) >= 11 is 0. The molecule has 2 heterocycles. The van der Waals surface area contributed by atoms with Crippen molar-refractivity contribution in [2.24, 2.45) is 0 Å². The van der Waals surface area contributed by atoms with Crippen LogP contribution in [0.1, 0.15) is 194 Å². The molecule has 0 aromatic carbocycles. The van der Waals surface area contributed by atoms with Crippen molar-refractivity contribution in [2.75, 3.05) is 31.3 Å². The summed E-state index contributed by atoms with van der Waals surface area (Å²) in [4.78, 5) is 38.1. The van der Waals surface area contributed by atoms with E-state index in [1.165, 1.54) is 128 Å². The zero-order valence-electron chi connectivity index (χ0n) is 34.0. The topological polar surface area (TPSA) is 143 Å². The number of fused-ring (bicyclic) bond motifs is 1. The molecule has 0 spiro atoms. The fraction of sp³-hybridized carbons (Fsp3) is 0.833. The third-order valence-corrected chi connectivity index (χ3v) is 10.00. The van der Waals surface area contributed by atoms with Gasteiger partial charge in [0.1, 0.15) is 26.0 Å². The molecular formula is C42H76N6O5. The van der Waals surface area contributed by atoms with Gasteiger partial charge in [0.05, 0.1) is 6.33 Å². The van der Waals surface area contributed by atoms with E-state index in [0.717, 1.165) is 38.5 Å². The summed E-state index contributed by atoms with van der Waals surface area (Å²) in [5.41, 5.74) is 6.98. The van der Waals surface area contributed by atoms with Gasteiger partial charge in [-0.3, -0.25) is 14.2 Å². The van der Waals surface area contributed by atoms with Gasteiger partial charge in [-0.25, -0.2) is 4.98 Å². The zero-order valence-corrected chi connectivity index (χ0v) is 34.0. The molecule has 0 aliphatic carbocycles. The summed E-state index contributed by atoms with van der Waals surface area (Å²) in [6.07, 6.45) is 34.3. The van der Waals surface area contributed by atoms with Crippen molar-refractivity contribution in [3.05, 3.63) is 6.33 Å². The minimum atomic E-state index is -0.637. The Kier molecular flexibility index (Phi) is 27.4. The Morgan fingerprint density at radius 1 is 0.642 bits per heavy atom. The Morgan fingerprint density at radius 2 is 1.04 bits per heavy atom. The highest BCUT2D eigenvalue weighted by Crippen LogP contribution is 2.20. The van der Waals surface area contributed by atoms with Crippen LogP contribution < -0.4 is 11.1 Å². The lowest BCUT2D eigenvalue weighted by atomic mass is 10.0. The number of unbranched alkanes of at least 4 members (excludes halogenated alkanes) is 24. The first-order chi connectivity index (χ1) is 26.0. The number of nitrogens with one attached hydrogen (secondary N) is 1. The maximum atomic E-state index is 12.6. The van der Waals surface area contributed by atoms with E-state index in [2.05, 4.69) is 34.1 Å². The molecule has 11 nitrogen and oxygen atoms in total. The van der Waals surface area contributed by atoms with E-state index in [-0.39, 0.29) is 37.8 Å². The lowest BCUT2D eigenvalue weighted by Crippen LogP contribution is -2.29. The normalized spacial score (nSPS) is 11.5. The number of imidazole rings is 1. The first kappa shape index (κ1) is 46.2. The van der Waals surface area contributed by atoms with Crippen LogP contribution in [0.3, 0.4) is 0 Å². The van der Waals surface area contributed by atoms with Crippen LogP contribution in [-0.2, 0) is 30.5 Å². The van der Waals surface area contributed by atoms with Crippen LogP contribution in [0.2, 0.25) is 0 Å². The van der Waals surface area contributed by atoms with Crippen molar-refractivity contribution in [1.82, 2.24) is 19.5 Å². The molecule has 0 bridgehead atoms. The van der Waals surface area contributed by atoms with Crippen LogP contribution in [-0.4, -0.2) is 57.8 Å². The van der Waals surface area contributed by atoms with Crippen LogP contribution >= 0.6 is 0 Å². The number of nitrogens with zero attached hydrogens (tertiary/aromatic N) is 4. The molecule has 2 aromatic heterocycles. The molecule has 0 unspecified atom stereocenters. The van der Waals surface area contributed by atoms with Gasteiger partial charge in [0.15, 0.2) is 17.0 Å². The van der Waals surface area contributed by atoms with E-state index >= 15 is 0 Å². The molecule has 0 fully saturated rings. The molecule has 0 aliphatic rings. The number of hydrogen-bond acceptors (Lipinski definition) is 10. The molecule has 0 aliphatic heterocycles. The van der Waals surface area contributed by atoms with Gasteiger partial charge in [-0.05, 0) is 12.8 Å². The SMILES string of the molecule is CCCCCCCCCCCCCCCC(=O)OCC(COC(=O)CCCCCCCCCCCCCCC)OCn1cnc2c(NC)nc(N)nc21. The molecular weight excluding hydrogens is 668 g/mol. The molecule has 2 aromatic rings. The number of aromatic nitrogens is 4. The minimum Gasteiger partial charge on any atom is -0.463 e. The first-order valence-corrected chi connectivity index (χ1v) is 21.6. The number of nitrogen functional groups attached to an aromatic ring is 1. The molecule has 0 amide bonds. The Morgan fingerprint density at radius 3 is 1.43 bits per heavy atom. The van der Waals surface area contributed by atoms with Gasteiger partial charge in [-0.15, -0.1) is 0 Å². The summed E-state index contributed by atoms with van der Waals surface area (Å²) in [6.45, 7) is 4.57. The van der Waals surface area contributed by atoms with Crippen LogP contribution in [0.4, 0.5) is 11.8 Å². The Hall–Kier alpha value is -2.95. The predicted octanol–water partition coefficient (Wildman–Crippen LogP) is 10.8. The number of carbonyl (C=O) groups excluding carboxylic acids is 2. The van der Waals surface area contributed by atoms with E-state index in [1.54, 1.807) is 17.9 Å². The average molecular weight is 745 g/mol. The fourth-order valence-corrected chi connectivity index (χ4v) is 6.65. The molecule has 304 valence electrons. The number of nitrogens with two attached hydrogens (primary N) is 1. The molecule has 0 radical (unpaired) electrons. The zero-order chi connectivity index (χ0) is 38.2. The van der Waals surface area contributed by atoms with Crippen LogP contribution in [0.5, 0.6) is 0 Å². The van der Waals surface area contributed by atoms with Crippen molar-refractivity contribution in [3.8, 4) is 0 Å². The Balaban J connectivity index is 1.68. The molecule has 3 N–H and O–H groups in total. The highest BCUT2D eigenvalue weighted by Gasteiger charge is 2.18. The highest BCUT2D eigenvalue weighted by atomic mass is 16.6. The number of esters is 2. The van der Waals surface area contributed by atoms with Gasteiger partial charge in [0.25, 0.3) is 0 Å². The second-order valence-corrected chi connectivity index (χ2v) is 14.8. The molecule has 0 atom stereocenters. The lowest BCUT2D eigenvalue weighted by molar-refractivity contribution is -0.157. The van der Waals surface area contributed by atoms with Crippen LogP contribution in [0.15, 0.2) is 6.33 Å². The van der Waals surface area contributed by atoms with E-state index in [1.807, 2.05) is 0 Å². The van der Waals surface area contributed by atoms with Crippen molar-refractivity contribution >= 4 is 34.9 Å². The third kappa shape index (κ3) is 22.8. The van der Waals surface area contributed by atoms with E-state index in [4.69, 9.17) is 19.9 Å². The summed E-state index contributed by atoms with van der Waals surface area (Å²) in [7, 11) is 1.74. The number of carbonyl (C=O) groups is 2. The van der Waals surface area contributed by atoms with Gasteiger partial charge >= 0.3 is 11.9 Å². The largest absolute Gasteiger partial charge is 0.463 e. The average Bonchev–Trinajstić information content (AvgIpc) is 3.57. The quantitative estimate of drug-likeness (QED) is 0.0511. The van der Waals surface area contributed by atoms with Crippen LogP contribution in [0.25, 0.3) is 11.2 Å². The summed E-state index contributed by atoms with van der Waals surface area (Å²) in [5.74, 6) is 0.121. The van der Waals surface area contributed by atoms with Gasteiger partial charge in [0.2, 0.25) is 5.95 Å². The van der Waals surface area contributed by atoms with Crippen molar-refractivity contribution in [3.63, 3.8) is 0 Å². The molecule has 0 saturated carbocycles. The number of hydrogen-bond donors (Lipinski definition) is 2. The second-order valence-electron chi connectivity index (χ2n) is 14.8. The molecule has 2 rings (SSSR count). The van der Waals surface area contributed by atoms with Gasteiger partial charge in [-0.1, -0.05) is 168 Å². The third-order valence-electron chi connectivity index (χ3n) is 10.00. The maximum Gasteiger partial charge on any atom is 0.305 e. The summed E-state index contributed by atoms with van der Waals surface area (Å²) in [5, 5.41) is 2.98.